The van der Waals surface area contributed by atoms with E-state index in [-0.39, 0.29) is 11.1 Å². The second kappa shape index (κ2) is 5.15. The van der Waals surface area contributed by atoms with Crippen molar-refractivity contribution in [3.05, 3.63) is 50.4 Å². The number of carbonyl (C=O) groups excluding carboxylic acids is 2. The summed E-state index contributed by atoms with van der Waals surface area (Å²) >= 11 is 0. The fraction of sp³-hybridized carbons (Fsp3) is 0.444. The second-order valence-corrected chi connectivity index (χ2v) is 6.72. The number of fused-ring (bicyclic) bond motifs is 5. The van der Waals surface area contributed by atoms with E-state index in [0.717, 1.165) is 22.3 Å². The molecule has 7 nitrogen and oxygen atoms in total. The Labute approximate surface area is 145 Å². The van der Waals surface area contributed by atoms with Gasteiger partial charge in [-0.05, 0) is 49.9 Å². The van der Waals surface area contributed by atoms with E-state index in [1.54, 1.807) is 13.8 Å². The SMILES string of the molecule is COC(=O)C1=C(C(=O)OC)C2(C)c3c(C)ccc(C)c3C1(C)N2N=O. The number of methoxy groups -OCH3 is 2. The molecule has 0 N–H and O–H groups in total. The predicted molar refractivity (Wildman–Crippen MR) is 89.3 cm³/mol. The molecular formula is C18H20N2O5. The third-order valence-corrected chi connectivity index (χ3v) is 5.53. The van der Waals surface area contributed by atoms with Crippen LogP contribution in [0.15, 0.2) is 28.6 Å². The summed E-state index contributed by atoms with van der Waals surface area (Å²) in [5, 5.41) is 4.49. The summed E-state index contributed by atoms with van der Waals surface area (Å²) < 4.78 is 9.85. The van der Waals surface area contributed by atoms with Crippen LogP contribution in [0.5, 0.6) is 0 Å². The molecule has 0 radical (unpaired) electrons. The van der Waals surface area contributed by atoms with Crippen molar-refractivity contribution in [1.82, 2.24) is 5.01 Å². The molecule has 2 aliphatic heterocycles. The Hall–Kier alpha value is -2.70. The number of benzene rings is 1. The van der Waals surface area contributed by atoms with Gasteiger partial charge in [0.2, 0.25) is 0 Å². The van der Waals surface area contributed by atoms with Crippen LogP contribution in [0.4, 0.5) is 0 Å². The molecule has 2 unspecified atom stereocenters. The van der Waals surface area contributed by atoms with E-state index < -0.39 is 23.0 Å². The van der Waals surface area contributed by atoms with Gasteiger partial charge in [0.05, 0.1) is 30.7 Å². The molecule has 2 atom stereocenters. The monoisotopic (exact) mass is 344 g/mol. The Balaban J connectivity index is 2.52. The zero-order valence-corrected chi connectivity index (χ0v) is 15.1. The first-order valence-electron chi connectivity index (χ1n) is 7.87. The van der Waals surface area contributed by atoms with Crippen molar-refractivity contribution in [3.63, 3.8) is 0 Å². The van der Waals surface area contributed by atoms with Gasteiger partial charge in [-0.2, -0.15) is 0 Å². The van der Waals surface area contributed by atoms with E-state index in [9.17, 15) is 14.5 Å². The fourth-order valence-corrected chi connectivity index (χ4v) is 4.64. The molecule has 25 heavy (non-hydrogen) atoms. The zero-order valence-electron chi connectivity index (χ0n) is 15.1. The molecule has 0 amide bonds. The number of hydrogen-bond donors (Lipinski definition) is 0. The summed E-state index contributed by atoms with van der Waals surface area (Å²) in [6.45, 7) is 7.24. The van der Waals surface area contributed by atoms with Crippen molar-refractivity contribution < 1.29 is 19.1 Å². The van der Waals surface area contributed by atoms with E-state index in [1.807, 2.05) is 26.0 Å². The highest BCUT2D eigenvalue weighted by Gasteiger charge is 2.69. The lowest BCUT2D eigenvalue weighted by Crippen LogP contribution is -2.41. The van der Waals surface area contributed by atoms with Crippen LogP contribution >= 0.6 is 0 Å². The first-order chi connectivity index (χ1) is 11.7. The van der Waals surface area contributed by atoms with E-state index >= 15 is 0 Å². The Bertz CT molecular complexity index is 794. The number of esters is 2. The third kappa shape index (κ3) is 1.70. The molecule has 1 aromatic carbocycles. The van der Waals surface area contributed by atoms with Crippen molar-refractivity contribution in [2.24, 2.45) is 5.29 Å². The zero-order chi connectivity index (χ0) is 18.7. The average molecular weight is 344 g/mol. The van der Waals surface area contributed by atoms with Gasteiger partial charge in [-0.25, -0.2) is 14.6 Å². The molecule has 2 heterocycles. The Kier molecular flexibility index (Phi) is 3.53. The molecule has 7 heteroatoms. The standard InChI is InChI=1S/C18H20N2O5/c1-9-7-8-10(2)12-11(9)17(3)13(15(21)24-5)14(16(22)25-6)18(12,4)20(17)19-23/h7-8H,1-6H3. The molecule has 0 spiro atoms. The molecule has 0 saturated heterocycles. The number of ether oxygens (including phenoxy) is 2. The van der Waals surface area contributed by atoms with Gasteiger partial charge < -0.3 is 9.47 Å². The molecule has 0 aliphatic carbocycles. The smallest absolute Gasteiger partial charge is 0.337 e. The normalized spacial score (nSPS) is 26.6. The van der Waals surface area contributed by atoms with Crippen molar-refractivity contribution in [2.75, 3.05) is 14.2 Å². The molecule has 0 aromatic heterocycles. The summed E-state index contributed by atoms with van der Waals surface area (Å²) in [4.78, 5) is 37.0. The summed E-state index contributed by atoms with van der Waals surface area (Å²) in [6, 6.07) is 3.86. The Morgan fingerprint density at radius 2 is 1.28 bits per heavy atom. The van der Waals surface area contributed by atoms with Crippen LogP contribution in [0.3, 0.4) is 0 Å². The minimum Gasteiger partial charge on any atom is -0.466 e. The first-order valence-corrected chi connectivity index (χ1v) is 7.87. The highest BCUT2D eigenvalue weighted by atomic mass is 16.5. The van der Waals surface area contributed by atoms with Crippen LogP contribution in [0, 0.1) is 18.8 Å². The minimum absolute atomic E-state index is 0.102. The Morgan fingerprint density at radius 1 is 0.920 bits per heavy atom. The summed E-state index contributed by atoms with van der Waals surface area (Å²) in [5.74, 6) is -1.35. The van der Waals surface area contributed by atoms with Crippen LogP contribution in [0.2, 0.25) is 0 Å². The number of hydrogen-bond acceptors (Lipinski definition) is 6. The lowest BCUT2D eigenvalue weighted by molar-refractivity contribution is -0.140. The van der Waals surface area contributed by atoms with Crippen LogP contribution in [-0.2, 0) is 30.1 Å². The molecule has 2 aliphatic rings. The third-order valence-electron chi connectivity index (χ3n) is 5.53. The van der Waals surface area contributed by atoms with Gasteiger partial charge in [0.1, 0.15) is 11.1 Å². The quantitative estimate of drug-likeness (QED) is 0.618. The minimum atomic E-state index is -1.20. The van der Waals surface area contributed by atoms with Gasteiger partial charge in [0.25, 0.3) is 0 Å². The maximum Gasteiger partial charge on any atom is 0.337 e. The molecule has 132 valence electrons. The van der Waals surface area contributed by atoms with E-state index in [1.165, 1.54) is 19.2 Å². The summed E-state index contributed by atoms with van der Waals surface area (Å²) in [7, 11) is 2.48. The van der Waals surface area contributed by atoms with Crippen LogP contribution < -0.4 is 0 Å². The van der Waals surface area contributed by atoms with Gasteiger partial charge in [0, 0.05) is 0 Å². The van der Waals surface area contributed by atoms with Crippen molar-refractivity contribution in [1.29, 1.82) is 0 Å². The molecule has 2 bridgehead atoms. The van der Waals surface area contributed by atoms with E-state index in [2.05, 4.69) is 5.29 Å². The summed E-state index contributed by atoms with van der Waals surface area (Å²) in [5.41, 5.74) is 1.24. The number of rotatable bonds is 3. The predicted octanol–water partition coefficient (Wildman–Crippen LogP) is 2.39. The number of nitrogens with zero attached hydrogens (tertiary/aromatic N) is 2. The fourth-order valence-electron chi connectivity index (χ4n) is 4.64. The van der Waals surface area contributed by atoms with Gasteiger partial charge in [-0.15, -0.1) is 4.91 Å². The van der Waals surface area contributed by atoms with Gasteiger partial charge in [0.15, 0.2) is 0 Å². The van der Waals surface area contributed by atoms with Crippen molar-refractivity contribution in [3.8, 4) is 0 Å². The second-order valence-electron chi connectivity index (χ2n) is 6.72. The average Bonchev–Trinajstić information content (AvgIpc) is 2.92. The van der Waals surface area contributed by atoms with Crippen molar-refractivity contribution >= 4 is 11.9 Å². The van der Waals surface area contributed by atoms with Gasteiger partial charge in [-0.1, -0.05) is 12.1 Å². The van der Waals surface area contributed by atoms with Crippen LogP contribution in [-0.4, -0.2) is 31.2 Å². The van der Waals surface area contributed by atoms with Crippen molar-refractivity contribution in [2.45, 2.75) is 38.8 Å². The molecule has 0 saturated carbocycles. The number of carbonyl (C=O) groups is 2. The molecule has 0 fully saturated rings. The molecule has 1 aromatic rings. The summed E-state index contributed by atoms with van der Waals surface area (Å²) in [6.07, 6.45) is 0. The highest BCUT2D eigenvalue weighted by molar-refractivity contribution is 6.06. The number of aryl methyl sites for hydroxylation is 2. The maximum absolute atomic E-state index is 12.6. The molecular weight excluding hydrogens is 324 g/mol. The molecule has 3 rings (SSSR count). The lowest BCUT2D eigenvalue weighted by atomic mass is 9.71. The maximum atomic E-state index is 12.6. The van der Waals surface area contributed by atoms with Gasteiger partial charge >= 0.3 is 11.9 Å². The van der Waals surface area contributed by atoms with Crippen LogP contribution in [0.25, 0.3) is 0 Å². The number of nitroso groups, excluding NO2 is 1. The Morgan fingerprint density at radius 3 is 1.56 bits per heavy atom. The highest BCUT2D eigenvalue weighted by Crippen LogP contribution is 2.64. The van der Waals surface area contributed by atoms with E-state index in [0.29, 0.717) is 0 Å². The lowest BCUT2D eigenvalue weighted by Gasteiger charge is -2.32. The van der Waals surface area contributed by atoms with Crippen LogP contribution in [0.1, 0.15) is 36.1 Å². The van der Waals surface area contributed by atoms with Gasteiger partial charge in [-0.3, -0.25) is 0 Å². The largest absolute Gasteiger partial charge is 0.466 e. The first kappa shape index (κ1) is 17.1. The van der Waals surface area contributed by atoms with E-state index in [4.69, 9.17) is 9.47 Å². The topological polar surface area (TPSA) is 85.3 Å².